The lowest BCUT2D eigenvalue weighted by molar-refractivity contribution is -0.115. The van der Waals surface area contributed by atoms with Crippen molar-refractivity contribution in [3.63, 3.8) is 0 Å². The number of nitrogens with zero attached hydrogens (tertiary/aromatic N) is 4. The number of amides is 1. The topological polar surface area (TPSA) is 85.8 Å². The summed E-state index contributed by atoms with van der Waals surface area (Å²) >= 11 is 1.64. The highest BCUT2D eigenvalue weighted by molar-refractivity contribution is 7.99. The van der Waals surface area contributed by atoms with Crippen molar-refractivity contribution in [3.05, 3.63) is 42.1 Å². The fraction of sp³-hybridized carbons (Fsp3) is 0.333. The van der Waals surface area contributed by atoms with Gasteiger partial charge < -0.3 is 4.42 Å². The average Bonchev–Trinajstić information content (AvgIpc) is 3.25. The van der Waals surface area contributed by atoms with Gasteiger partial charge in [-0.05, 0) is 39.0 Å². The Hall–Kier alpha value is -2.61. The SMILES string of the molecule is Cc1ccc(SCCC(=O)Nc2nnc(-c3ccnn3C(C)C)o2)cc1. The van der Waals surface area contributed by atoms with Gasteiger partial charge in [0.25, 0.3) is 5.89 Å². The summed E-state index contributed by atoms with van der Waals surface area (Å²) in [5, 5.41) is 14.8. The van der Waals surface area contributed by atoms with Crippen molar-refractivity contribution >= 4 is 23.7 Å². The van der Waals surface area contributed by atoms with E-state index in [-0.39, 0.29) is 18.0 Å². The van der Waals surface area contributed by atoms with Crippen LogP contribution in [0.4, 0.5) is 6.01 Å². The molecule has 7 nitrogen and oxygen atoms in total. The van der Waals surface area contributed by atoms with Crippen LogP contribution in [-0.4, -0.2) is 31.6 Å². The van der Waals surface area contributed by atoms with Gasteiger partial charge in [0.05, 0.1) is 0 Å². The second-order valence-corrected chi connectivity index (χ2v) is 7.30. The molecule has 0 aliphatic carbocycles. The van der Waals surface area contributed by atoms with E-state index in [4.69, 9.17) is 4.42 Å². The van der Waals surface area contributed by atoms with Gasteiger partial charge in [0, 0.05) is 29.3 Å². The molecule has 0 bridgehead atoms. The van der Waals surface area contributed by atoms with E-state index in [1.165, 1.54) is 5.56 Å². The number of aromatic nitrogens is 4. The molecule has 8 heteroatoms. The first-order chi connectivity index (χ1) is 12.5. The van der Waals surface area contributed by atoms with Crippen LogP contribution < -0.4 is 5.32 Å². The van der Waals surface area contributed by atoms with E-state index >= 15 is 0 Å². The van der Waals surface area contributed by atoms with Crippen LogP contribution in [0.2, 0.25) is 0 Å². The summed E-state index contributed by atoms with van der Waals surface area (Å²) in [4.78, 5) is 13.2. The minimum absolute atomic E-state index is 0.0989. The van der Waals surface area contributed by atoms with E-state index in [1.807, 2.05) is 13.8 Å². The predicted octanol–water partition coefficient (Wildman–Crippen LogP) is 3.94. The third kappa shape index (κ3) is 4.51. The largest absolute Gasteiger partial charge is 0.401 e. The smallest absolute Gasteiger partial charge is 0.322 e. The van der Waals surface area contributed by atoms with Crippen molar-refractivity contribution in [1.29, 1.82) is 0 Å². The van der Waals surface area contributed by atoms with Crippen LogP contribution in [0.1, 0.15) is 31.9 Å². The quantitative estimate of drug-likeness (QED) is 0.633. The first-order valence-electron chi connectivity index (χ1n) is 8.39. The molecular weight excluding hydrogens is 350 g/mol. The number of hydrogen-bond acceptors (Lipinski definition) is 6. The van der Waals surface area contributed by atoms with E-state index in [0.29, 0.717) is 18.1 Å². The molecule has 1 N–H and O–H groups in total. The summed E-state index contributed by atoms with van der Waals surface area (Å²) in [6.07, 6.45) is 2.04. The first kappa shape index (κ1) is 18.2. The second-order valence-electron chi connectivity index (χ2n) is 6.13. The maximum atomic E-state index is 12.1. The molecule has 2 heterocycles. The minimum atomic E-state index is -0.155. The molecule has 0 saturated carbocycles. The van der Waals surface area contributed by atoms with Crippen LogP contribution in [0.15, 0.2) is 45.8 Å². The normalized spacial score (nSPS) is 11.1. The van der Waals surface area contributed by atoms with Crippen molar-refractivity contribution < 1.29 is 9.21 Å². The second kappa shape index (κ2) is 8.18. The molecule has 0 radical (unpaired) electrons. The predicted molar refractivity (Wildman–Crippen MR) is 101 cm³/mol. The molecule has 3 rings (SSSR count). The maximum absolute atomic E-state index is 12.1. The third-order valence-corrected chi connectivity index (χ3v) is 4.68. The van der Waals surface area contributed by atoms with Gasteiger partial charge in [0.1, 0.15) is 5.69 Å². The molecule has 0 saturated heterocycles. The molecule has 0 unspecified atom stereocenters. The lowest BCUT2D eigenvalue weighted by atomic mass is 10.2. The Bertz CT molecular complexity index is 870. The average molecular weight is 371 g/mol. The molecule has 0 aliphatic rings. The molecule has 0 fully saturated rings. The minimum Gasteiger partial charge on any atom is -0.401 e. The van der Waals surface area contributed by atoms with Crippen molar-refractivity contribution in [2.45, 2.75) is 38.1 Å². The van der Waals surface area contributed by atoms with Gasteiger partial charge in [-0.15, -0.1) is 16.9 Å². The summed E-state index contributed by atoms with van der Waals surface area (Å²) in [6.45, 7) is 6.08. The van der Waals surface area contributed by atoms with Gasteiger partial charge in [-0.1, -0.05) is 22.8 Å². The zero-order chi connectivity index (χ0) is 18.5. The molecule has 1 aromatic carbocycles. The lowest BCUT2D eigenvalue weighted by Crippen LogP contribution is -2.12. The van der Waals surface area contributed by atoms with Gasteiger partial charge >= 0.3 is 6.01 Å². The fourth-order valence-corrected chi connectivity index (χ4v) is 3.20. The summed E-state index contributed by atoms with van der Waals surface area (Å²) in [5.41, 5.74) is 1.95. The van der Waals surface area contributed by atoms with Crippen molar-refractivity contribution in [2.24, 2.45) is 0 Å². The molecule has 26 heavy (non-hydrogen) atoms. The fourth-order valence-electron chi connectivity index (χ4n) is 2.35. The van der Waals surface area contributed by atoms with Gasteiger partial charge in [-0.2, -0.15) is 5.10 Å². The van der Waals surface area contributed by atoms with Gasteiger partial charge in [-0.25, -0.2) is 0 Å². The van der Waals surface area contributed by atoms with Crippen LogP contribution in [-0.2, 0) is 4.79 Å². The molecule has 2 aromatic heterocycles. The Morgan fingerprint density at radius 2 is 2.00 bits per heavy atom. The summed E-state index contributed by atoms with van der Waals surface area (Å²) in [6, 6.07) is 10.3. The summed E-state index contributed by atoms with van der Waals surface area (Å²) < 4.78 is 7.33. The van der Waals surface area contributed by atoms with Gasteiger partial charge in [-0.3, -0.25) is 14.8 Å². The van der Waals surface area contributed by atoms with Crippen LogP contribution in [0, 0.1) is 6.92 Å². The number of carbonyl (C=O) groups excluding carboxylic acids is 1. The lowest BCUT2D eigenvalue weighted by Gasteiger charge is -2.07. The van der Waals surface area contributed by atoms with Gasteiger partial charge in [0.2, 0.25) is 5.91 Å². The Morgan fingerprint density at radius 3 is 2.73 bits per heavy atom. The van der Waals surface area contributed by atoms with E-state index in [2.05, 4.69) is 51.8 Å². The molecule has 3 aromatic rings. The number of rotatable bonds is 7. The highest BCUT2D eigenvalue weighted by atomic mass is 32.2. The molecule has 1 amide bonds. The molecule has 136 valence electrons. The molecule has 0 spiro atoms. The Balaban J connectivity index is 1.53. The molecule has 0 atom stereocenters. The number of hydrogen-bond donors (Lipinski definition) is 1. The number of benzene rings is 1. The monoisotopic (exact) mass is 371 g/mol. The Kier molecular flexibility index (Phi) is 5.72. The van der Waals surface area contributed by atoms with Crippen molar-refractivity contribution in [1.82, 2.24) is 20.0 Å². The van der Waals surface area contributed by atoms with Crippen LogP contribution in [0.3, 0.4) is 0 Å². The number of aryl methyl sites for hydroxylation is 1. The molecule has 0 aliphatic heterocycles. The number of nitrogens with one attached hydrogen (secondary N) is 1. The Morgan fingerprint density at radius 1 is 1.23 bits per heavy atom. The summed E-state index contributed by atoms with van der Waals surface area (Å²) in [5.74, 6) is 0.855. The zero-order valence-electron chi connectivity index (χ0n) is 15.0. The zero-order valence-corrected chi connectivity index (χ0v) is 15.8. The van der Waals surface area contributed by atoms with Crippen LogP contribution in [0.5, 0.6) is 0 Å². The van der Waals surface area contributed by atoms with Gasteiger partial charge in [0.15, 0.2) is 0 Å². The third-order valence-electron chi connectivity index (χ3n) is 3.67. The van der Waals surface area contributed by atoms with Crippen molar-refractivity contribution in [2.75, 3.05) is 11.1 Å². The first-order valence-corrected chi connectivity index (χ1v) is 9.38. The number of thioether (sulfide) groups is 1. The van der Waals surface area contributed by atoms with Crippen LogP contribution in [0.25, 0.3) is 11.6 Å². The van der Waals surface area contributed by atoms with E-state index in [1.54, 1.807) is 28.7 Å². The van der Waals surface area contributed by atoms with Crippen LogP contribution >= 0.6 is 11.8 Å². The maximum Gasteiger partial charge on any atom is 0.322 e. The van der Waals surface area contributed by atoms with Crippen molar-refractivity contribution in [3.8, 4) is 11.6 Å². The Labute approximate surface area is 156 Å². The summed E-state index contributed by atoms with van der Waals surface area (Å²) in [7, 11) is 0. The standard InChI is InChI=1S/C18H21N5O2S/c1-12(2)23-15(8-10-19-23)17-21-22-18(25-17)20-16(24)9-11-26-14-6-4-13(3)5-7-14/h4-8,10,12H,9,11H2,1-3H3,(H,20,22,24). The highest BCUT2D eigenvalue weighted by Crippen LogP contribution is 2.23. The number of carbonyl (C=O) groups is 1. The highest BCUT2D eigenvalue weighted by Gasteiger charge is 2.16. The van der Waals surface area contributed by atoms with E-state index in [9.17, 15) is 4.79 Å². The van der Waals surface area contributed by atoms with E-state index in [0.717, 1.165) is 10.6 Å². The van der Waals surface area contributed by atoms with E-state index < -0.39 is 0 Å². The number of anilines is 1. The molecular formula is C18H21N5O2S.